The molecule has 0 saturated carbocycles. The van der Waals surface area contributed by atoms with Crippen molar-refractivity contribution in [2.24, 2.45) is 5.10 Å². The first-order valence-electron chi connectivity index (χ1n) is 9.74. The summed E-state index contributed by atoms with van der Waals surface area (Å²) in [7, 11) is 0. The van der Waals surface area contributed by atoms with E-state index in [1.165, 1.54) is 16.9 Å². The number of aromatic nitrogens is 1. The average Bonchev–Trinajstić information content (AvgIpc) is 3.11. The van der Waals surface area contributed by atoms with Gasteiger partial charge >= 0.3 is 0 Å². The Labute approximate surface area is 177 Å². The van der Waals surface area contributed by atoms with E-state index < -0.39 is 0 Å². The molecule has 29 heavy (non-hydrogen) atoms. The van der Waals surface area contributed by atoms with Crippen molar-refractivity contribution in [2.45, 2.75) is 52.4 Å². The van der Waals surface area contributed by atoms with Gasteiger partial charge in [-0.2, -0.15) is 5.10 Å². The Balaban J connectivity index is 1.86. The number of thiazole rings is 1. The second-order valence-corrected chi connectivity index (χ2v) is 10.1. The molecule has 2 N–H and O–H groups in total. The number of nitrogens with one attached hydrogen (secondary N) is 1. The largest absolute Gasteiger partial charge is 0.507 e. The molecule has 0 fully saturated rings. The summed E-state index contributed by atoms with van der Waals surface area (Å²) in [5.74, 6) is 0.278. The van der Waals surface area contributed by atoms with E-state index in [4.69, 9.17) is 0 Å². The van der Waals surface area contributed by atoms with Crippen molar-refractivity contribution in [1.29, 1.82) is 0 Å². The Kier molecular flexibility index (Phi) is 5.80. The highest BCUT2D eigenvalue weighted by molar-refractivity contribution is 7.14. The highest BCUT2D eigenvalue weighted by atomic mass is 32.1. The Morgan fingerprint density at radius 2 is 1.69 bits per heavy atom. The number of rotatable bonds is 4. The van der Waals surface area contributed by atoms with Crippen LogP contribution in [0.25, 0.3) is 11.3 Å². The normalized spacial score (nSPS) is 12.5. The van der Waals surface area contributed by atoms with Crippen LogP contribution in [0.15, 0.2) is 52.9 Å². The molecule has 0 amide bonds. The zero-order chi connectivity index (χ0) is 21.2. The fraction of sp³-hybridized carbons (Fsp3) is 0.333. The van der Waals surface area contributed by atoms with Crippen LogP contribution in [0.2, 0.25) is 0 Å². The van der Waals surface area contributed by atoms with Crippen molar-refractivity contribution in [1.82, 2.24) is 4.98 Å². The van der Waals surface area contributed by atoms with Crippen LogP contribution >= 0.6 is 11.3 Å². The molecule has 2 aromatic carbocycles. The lowest BCUT2D eigenvalue weighted by molar-refractivity contribution is 0.444. The molecule has 3 rings (SSSR count). The molecule has 0 aliphatic rings. The maximum Gasteiger partial charge on any atom is 0.203 e. The van der Waals surface area contributed by atoms with Crippen LogP contribution in [0.4, 0.5) is 5.13 Å². The standard InChI is InChI=1S/C24H29N3OS/c1-23(2,3)18-12-17(21(28)19(13-18)24(4,5)6)14-25-27-22-26-20(15-29-22)16-10-8-7-9-11-16/h7-15,28H,1-6H3,(H,26,27). The number of hydrogen-bond acceptors (Lipinski definition) is 5. The minimum absolute atomic E-state index is 0.0242. The van der Waals surface area contributed by atoms with Crippen LogP contribution in [-0.4, -0.2) is 16.3 Å². The third kappa shape index (κ3) is 5.04. The van der Waals surface area contributed by atoms with Crippen molar-refractivity contribution in [3.05, 3.63) is 64.5 Å². The van der Waals surface area contributed by atoms with Crippen LogP contribution in [0, 0.1) is 0 Å². The molecule has 0 atom stereocenters. The summed E-state index contributed by atoms with van der Waals surface area (Å²) in [6.07, 6.45) is 1.67. The molecule has 0 spiro atoms. The van der Waals surface area contributed by atoms with E-state index in [-0.39, 0.29) is 16.6 Å². The molecular weight excluding hydrogens is 378 g/mol. The van der Waals surface area contributed by atoms with E-state index in [2.05, 4.69) is 63.1 Å². The van der Waals surface area contributed by atoms with E-state index in [1.807, 2.05) is 41.8 Å². The summed E-state index contributed by atoms with van der Waals surface area (Å²) in [6, 6.07) is 14.2. The fourth-order valence-corrected chi connectivity index (χ4v) is 3.65. The van der Waals surface area contributed by atoms with E-state index in [0.717, 1.165) is 16.8 Å². The van der Waals surface area contributed by atoms with Gasteiger partial charge in [-0.3, -0.25) is 5.43 Å². The van der Waals surface area contributed by atoms with Crippen molar-refractivity contribution in [2.75, 3.05) is 5.43 Å². The summed E-state index contributed by atoms with van der Waals surface area (Å²) in [5, 5.41) is 17.9. The molecule has 4 nitrogen and oxygen atoms in total. The second-order valence-electron chi connectivity index (χ2n) is 9.24. The van der Waals surface area contributed by atoms with E-state index >= 15 is 0 Å². The topological polar surface area (TPSA) is 57.5 Å². The number of anilines is 1. The lowest BCUT2D eigenvalue weighted by Crippen LogP contribution is -2.17. The number of hydrogen-bond donors (Lipinski definition) is 2. The highest BCUT2D eigenvalue weighted by Crippen LogP contribution is 2.37. The minimum Gasteiger partial charge on any atom is -0.507 e. The van der Waals surface area contributed by atoms with Crippen LogP contribution in [0.5, 0.6) is 5.75 Å². The summed E-state index contributed by atoms with van der Waals surface area (Å²) in [5.41, 5.74) is 7.59. The Bertz CT molecular complexity index is 1010. The van der Waals surface area contributed by atoms with Gasteiger partial charge in [-0.15, -0.1) is 11.3 Å². The Morgan fingerprint density at radius 3 is 2.31 bits per heavy atom. The zero-order valence-electron chi connectivity index (χ0n) is 17.9. The van der Waals surface area contributed by atoms with E-state index in [9.17, 15) is 5.11 Å². The van der Waals surface area contributed by atoms with Gasteiger partial charge in [-0.25, -0.2) is 4.98 Å². The van der Waals surface area contributed by atoms with Gasteiger partial charge in [0.1, 0.15) is 5.75 Å². The van der Waals surface area contributed by atoms with Crippen LogP contribution in [0.1, 0.15) is 58.2 Å². The van der Waals surface area contributed by atoms with E-state index in [1.54, 1.807) is 6.21 Å². The lowest BCUT2D eigenvalue weighted by Gasteiger charge is -2.26. The number of hydrazone groups is 1. The third-order valence-corrected chi connectivity index (χ3v) is 5.50. The monoisotopic (exact) mass is 407 g/mol. The Hall–Kier alpha value is -2.66. The van der Waals surface area contributed by atoms with Crippen molar-refractivity contribution in [3.63, 3.8) is 0 Å². The SMILES string of the molecule is CC(C)(C)c1cc(C=NNc2nc(-c3ccccc3)cs2)c(O)c(C(C)(C)C)c1. The molecule has 0 aliphatic carbocycles. The number of phenolic OH excluding ortho intramolecular Hbond substituents is 1. The molecule has 0 unspecified atom stereocenters. The van der Waals surface area contributed by atoms with Crippen molar-refractivity contribution < 1.29 is 5.11 Å². The molecule has 5 heteroatoms. The maximum absolute atomic E-state index is 10.8. The van der Waals surface area contributed by atoms with E-state index in [0.29, 0.717) is 10.7 Å². The summed E-state index contributed by atoms with van der Waals surface area (Å²) >= 11 is 1.50. The first kappa shape index (κ1) is 21.1. The molecule has 0 aliphatic heterocycles. The quantitative estimate of drug-likeness (QED) is 0.380. The predicted octanol–water partition coefficient (Wildman–Crippen LogP) is 6.56. The summed E-state index contributed by atoms with van der Waals surface area (Å²) in [6.45, 7) is 12.8. The molecule has 1 heterocycles. The summed E-state index contributed by atoms with van der Waals surface area (Å²) in [4.78, 5) is 4.58. The van der Waals surface area contributed by atoms with Gasteiger partial charge in [0.25, 0.3) is 0 Å². The summed E-state index contributed by atoms with van der Waals surface area (Å²) < 4.78 is 0. The van der Waals surface area contributed by atoms with Gasteiger partial charge in [0.2, 0.25) is 5.13 Å². The molecule has 0 radical (unpaired) electrons. The first-order valence-corrected chi connectivity index (χ1v) is 10.6. The third-order valence-electron chi connectivity index (χ3n) is 4.75. The molecule has 3 aromatic rings. The second kappa shape index (κ2) is 7.99. The van der Waals surface area contributed by atoms with Crippen molar-refractivity contribution >= 4 is 22.7 Å². The maximum atomic E-state index is 10.8. The van der Waals surface area contributed by atoms with Crippen LogP contribution < -0.4 is 5.43 Å². The number of phenols is 1. The minimum atomic E-state index is -0.165. The molecular formula is C24H29N3OS. The molecule has 152 valence electrons. The molecule has 1 aromatic heterocycles. The van der Waals surface area contributed by atoms with Gasteiger partial charge in [-0.05, 0) is 22.5 Å². The molecule has 0 saturated heterocycles. The predicted molar refractivity (Wildman–Crippen MR) is 124 cm³/mol. The first-order chi connectivity index (χ1) is 13.6. The number of nitrogens with zero attached hydrogens (tertiary/aromatic N) is 2. The number of benzene rings is 2. The fourth-order valence-electron chi connectivity index (χ4n) is 2.98. The van der Waals surface area contributed by atoms with Gasteiger partial charge < -0.3 is 5.11 Å². The van der Waals surface area contributed by atoms with Gasteiger partial charge in [0.05, 0.1) is 11.9 Å². The van der Waals surface area contributed by atoms with Gasteiger partial charge in [-0.1, -0.05) is 77.9 Å². The highest BCUT2D eigenvalue weighted by Gasteiger charge is 2.24. The van der Waals surface area contributed by atoms with Crippen LogP contribution in [-0.2, 0) is 10.8 Å². The number of aromatic hydroxyl groups is 1. The Morgan fingerprint density at radius 1 is 1.00 bits per heavy atom. The smallest absolute Gasteiger partial charge is 0.203 e. The van der Waals surface area contributed by atoms with Crippen molar-refractivity contribution in [3.8, 4) is 17.0 Å². The van der Waals surface area contributed by atoms with Crippen LogP contribution in [0.3, 0.4) is 0 Å². The average molecular weight is 408 g/mol. The van der Waals surface area contributed by atoms with Gasteiger partial charge in [0.15, 0.2) is 0 Å². The lowest BCUT2D eigenvalue weighted by atomic mass is 9.79. The zero-order valence-corrected chi connectivity index (χ0v) is 18.8. The molecule has 0 bridgehead atoms. The van der Waals surface area contributed by atoms with Gasteiger partial charge in [0, 0.05) is 22.1 Å².